The zero-order valence-corrected chi connectivity index (χ0v) is 11.3. The van der Waals surface area contributed by atoms with Crippen LogP contribution in [0, 0.1) is 13.8 Å². The van der Waals surface area contributed by atoms with Gasteiger partial charge in [0.05, 0.1) is 6.54 Å². The van der Waals surface area contributed by atoms with Crippen LogP contribution in [-0.2, 0) is 6.54 Å². The Bertz CT molecular complexity index is 578. The number of aromatic nitrogens is 1. The third-order valence-electron chi connectivity index (χ3n) is 2.81. The Hall–Kier alpha value is -2.30. The Morgan fingerprint density at radius 2 is 2.11 bits per heavy atom. The van der Waals surface area contributed by atoms with Gasteiger partial charge in [0.25, 0.3) is 0 Å². The lowest BCUT2D eigenvalue weighted by molar-refractivity contribution is 0.219. The standard InChI is InChI=1S/C14H17N3O2/c1-10-6-4-5-7-13(10)15-14(18)17(3)9-12-8-11(2)19-16-12/h4-8H,9H2,1-3H3,(H,15,18). The molecule has 5 nitrogen and oxygen atoms in total. The number of anilines is 1. The number of amides is 2. The number of hydrogen-bond donors (Lipinski definition) is 1. The maximum absolute atomic E-state index is 12.0. The minimum Gasteiger partial charge on any atom is -0.361 e. The van der Waals surface area contributed by atoms with Gasteiger partial charge >= 0.3 is 6.03 Å². The van der Waals surface area contributed by atoms with E-state index in [4.69, 9.17) is 4.52 Å². The van der Waals surface area contributed by atoms with Gasteiger partial charge in [0, 0.05) is 18.8 Å². The lowest BCUT2D eigenvalue weighted by Gasteiger charge is -2.17. The number of hydrogen-bond acceptors (Lipinski definition) is 3. The summed E-state index contributed by atoms with van der Waals surface area (Å²) in [6.45, 7) is 4.19. The SMILES string of the molecule is Cc1cc(CN(C)C(=O)Nc2ccccc2C)no1. The third-order valence-corrected chi connectivity index (χ3v) is 2.81. The van der Waals surface area contributed by atoms with Crippen LogP contribution in [0.4, 0.5) is 10.5 Å². The van der Waals surface area contributed by atoms with E-state index in [9.17, 15) is 4.79 Å². The summed E-state index contributed by atoms with van der Waals surface area (Å²) in [6.07, 6.45) is 0. The zero-order valence-electron chi connectivity index (χ0n) is 11.3. The number of aryl methyl sites for hydroxylation is 2. The molecule has 2 amide bonds. The second-order valence-corrected chi connectivity index (χ2v) is 4.53. The first-order valence-corrected chi connectivity index (χ1v) is 6.06. The van der Waals surface area contributed by atoms with Crippen LogP contribution < -0.4 is 5.32 Å². The Balaban J connectivity index is 1.98. The van der Waals surface area contributed by atoms with Gasteiger partial charge in [0.2, 0.25) is 0 Å². The number of rotatable bonds is 3. The van der Waals surface area contributed by atoms with E-state index < -0.39 is 0 Å². The van der Waals surface area contributed by atoms with Crippen molar-refractivity contribution in [3.8, 4) is 0 Å². The molecule has 100 valence electrons. The number of carbonyl (C=O) groups is 1. The molecule has 0 aliphatic rings. The van der Waals surface area contributed by atoms with Gasteiger partial charge < -0.3 is 14.7 Å². The second-order valence-electron chi connectivity index (χ2n) is 4.53. The van der Waals surface area contributed by atoms with Gasteiger partial charge in [0.1, 0.15) is 11.5 Å². The predicted molar refractivity (Wildman–Crippen MR) is 72.9 cm³/mol. The van der Waals surface area contributed by atoms with E-state index in [1.807, 2.05) is 44.2 Å². The predicted octanol–water partition coefficient (Wildman–Crippen LogP) is 2.96. The first-order chi connectivity index (χ1) is 9.06. The quantitative estimate of drug-likeness (QED) is 0.921. The molecule has 1 aromatic heterocycles. The van der Waals surface area contributed by atoms with Gasteiger partial charge in [-0.2, -0.15) is 0 Å². The summed E-state index contributed by atoms with van der Waals surface area (Å²) in [5, 5.41) is 6.73. The molecule has 0 spiro atoms. The Labute approximate surface area is 112 Å². The molecule has 0 aliphatic heterocycles. The fourth-order valence-electron chi connectivity index (χ4n) is 1.73. The topological polar surface area (TPSA) is 58.4 Å². The molecule has 2 rings (SSSR count). The second kappa shape index (κ2) is 5.56. The third kappa shape index (κ3) is 3.34. The average Bonchev–Trinajstić information content (AvgIpc) is 2.77. The molecular formula is C14H17N3O2. The Morgan fingerprint density at radius 1 is 1.37 bits per heavy atom. The molecule has 19 heavy (non-hydrogen) atoms. The molecule has 0 bridgehead atoms. The first kappa shape index (κ1) is 13.1. The summed E-state index contributed by atoms with van der Waals surface area (Å²) in [6, 6.07) is 9.31. The molecule has 1 N–H and O–H groups in total. The van der Waals surface area contributed by atoms with E-state index in [1.165, 1.54) is 0 Å². The number of urea groups is 1. The van der Waals surface area contributed by atoms with Gasteiger partial charge in [-0.15, -0.1) is 0 Å². The molecular weight excluding hydrogens is 242 g/mol. The van der Waals surface area contributed by atoms with E-state index >= 15 is 0 Å². The van der Waals surface area contributed by atoms with Crippen molar-refractivity contribution in [3.05, 3.63) is 47.3 Å². The monoisotopic (exact) mass is 259 g/mol. The van der Waals surface area contributed by atoms with Crippen LogP contribution in [0.15, 0.2) is 34.9 Å². The Kier molecular flexibility index (Phi) is 3.85. The molecule has 5 heteroatoms. The van der Waals surface area contributed by atoms with E-state index in [-0.39, 0.29) is 6.03 Å². The number of para-hydroxylation sites is 1. The molecule has 0 aliphatic carbocycles. The van der Waals surface area contributed by atoms with E-state index in [0.29, 0.717) is 6.54 Å². The van der Waals surface area contributed by atoms with Crippen molar-refractivity contribution in [2.75, 3.05) is 12.4 Å². The highest BCUT2D eigenvalue weighted by Crippen LogP contribution is 2.14. The Morgan fingerprint density at radius 3 is 2.74 bits per heavy atom. The van der Waals surface area contributed by atoms with Gasteiger partial charge in [-0.1, -0.05) is 23.4 Å². The van der Waals surface area contributed by atoms with E-state index in [1.54, 1.807) is 11.9 Å². The van der Waals surface area contributed by atoms with Crippen molar-refractivity contribution in [2.45, 2.75) is 20.4 Å². The van der Waals surface area contributed by atoms with Crippen LogP contribution in [0.5, 0.6) is 0 Å². The van der Waals surface area contributed by atoms with Crippen LogP contribution in [-0.4, -0.2) is 23.1 Å². The van der Waals surface area contributed by atoms with E-state index in [0.717, 1.165) is 22.7 Å². The maximum atomic E-state index is 12.0. The van der Waals surface area contributed by atoms with Crippen LogP contribution >= 0.6 is 0 Å². The largest absolute Gasteiger partial charge is 0.361 e. The van der Waals surface area contributed by atoms with Crippen LogP contribution in [0.1, 0.15) is 17.0 Å². The fraction of sp³-hybridized carbons (Fsp3) is 0.286. The number of nitrogens with one attached hydrogen (secondary N) is 1. The average molecular weight is 259 g/mol. The number of nitrogens with zero attached hydrogens (tertiary/aromatic N) is 2. The summed E-state index contributed by atoms with van der Waals surface area (Å²) in [5.41, 5.74) is 2.58. The van der Waals surface area contributed by atoms with Crippen LogP contribution in [0.2, 0.25) is 0 Å². The van der Waals surface area contributed by atoms with Gasteiger partial charge in [-0.25, -0.2) is 4.79 Å². The van der Waals surface area contributed by atoms with Gasteiger partial charge in [-0.05, 0) is 25.5 Å². The smallest absolute Gasteiger partial charge is 0.321 e. The summed E-state index contributed by atoms with van der Waals surface area (Å²) in [4.78, 5) is 13.6. The summed E-state index contributed by atoms with van der Waals surface area (Å²) < 4.78 is 4.97. The lowest BCUT2D eigenvalue weighted by atomic mass is 10.2. The van der Waals surface area contributed by atoms with Crippen LogP contribution in [0.25, 0.3) is 0 Å². The molecule has 0 radical (unpaired) electrons. The minimum atomic E-state index is -0.171. The molecule has 0 atom stereocenters. The summed E-state index contributed by atoms with van der Waals surface area (Å²) >= 11 is 0. The fourth-order valence-corrected chi connectivity index (χ4v) is 1.73. The zero-order chi connectivity index (χ0) is 13.8. The first-order valence-electron chi connectivity index (χ1n) is 6.06. The van der Waals surface area contributed by atoms with Crippen molar-refractivity contribution in [1.82, 2.24) is 10.1 Å². The molecule has 0 saturated carbocycles. The van der Waals surface area contributed by atoms with Gasteiger partial charge in [0.15, 0.2) is 0 Å². The highest BCUT2D eigenvalue weighted by atomic mass is 16.5. The van der Waals surface area contributed by atoms with Crippen molar-refractivity contribution in [3.63, 3.8) is 0 Å². The molecule has 1 heterocycles. The lowest BCUT2D eigenvalue weighted by Crippen LogP contribution is -2.31. The van der Waals surface area contributed by atoms with E-state index in [2.05, 4.69) is 10.5 Å². The highest BCUT2D eigenvalue weighted by molar-refractivity contribution is 5.89. The number of benzene rings is 1. The minimum absolute atomic E-state index is 0.171. The number of carbonyl (C=O) groups excluding carboxylic acids is 1. The molecule has 0 unspecified atom stereocenters. The van der Waals surface area contributed by atoms with Crippen molar-refractivity contribution in [2.24, 2.45) is 0 Å². The molecule has 1 aromatic carbocycles. The summed E-state index contributed by atoms with van der Waals surface area (Å²) in [7, 11) is 1.72. The van der Waals surface area contributed by atoms with Crippen molar-refractivity contribution < 1.29 is 9.32 Å². The molecule has 2 aromatic rings. The van der Waals surface area contributed by atoms with Gasteiger partial charge in [-0.3, -0.25) is 0 Å². The van der Waals surface area contributed by atoms with Crippen molar-refractivity contribution in [1.29, 1.82) is 0 Å². The molecule has 0 fully saturated rings. The highest BCUT2D eigenvalue weighted by Gasteiger charge is 2.12. The normalized spacial score (nSPS) is 10.3. The molecule has 0 saturated heterocycles. The van der Waals surface area contributed by atoms with Crippen molar-refractivity contribution >= 4 is 11.7 Å². The van der Waals surface area contributed by atoms with Crippen LogP contribution in [0.3, 0.4) is 0 Å². The maximum Gasteiger partial charge on any atom is 0.321 e. The summed E-state index contributed by atoms with van der Waals surface area (Å²) in [5.74, 6) is 0.739.